The molecule has 0 N–H and O–H groups in total. The van der Waals surface area contributed by atoms with Crippen LogP contribution in [0.15, 0.2) is 17.7 Å². The van der Waals surface area contributed by atoms with Crippen molar-refractivity contribution >= 4 is 28.4 Å². The van der Waals surface area contributed by atoms with E-state index in [1.54, 1.807) is 29.0 Å². The predicted molar refractivity (Wildman–Crippen MR) is 56.8 cm³/mol. The van der Waals surface area contributed by atoms with Gasteiger partial charge in [0.1, 0.15) is 6.33 Å². The van der Waals surface area contributed by atoms with Crippen molar-refractivity contribution in [3.63, 3.8) is 0 Å². The molecule has 3 rings (SSSR count). The van der Waals surface area contributed by atoms with Crippen LogP contribution < -0.4 is 0 Å². The minimum absolute atomic E-state index is 0.803. The van der Waals surface area contributed by atoms with Crippen LogP contribution in [0.25, 0.3) is 16.7 Å². The largest absolute Gasteiger partial charge is 0.260 e. The molecule has 0 aliphatic rings. The van der Waals surface area contributed by atoms with Crippen LogP contribution in [0, 0.1) is 0 Å². The number of nitrogens with zero attached hydrogens (tertiary/aromatic N) is 6. The Balaban J connectivity index is 2.50. The van der Waals surface area contributed by atoms with Gasteiger partial charge >= 0.3 is 0 Å². The SMILES string of the molecule is CSc1nnc2c3cnn(C)c3ncn12. The summed E-state index contributed by atoms with van der Waals surface area (Å²) in [7, 11) is 1.86. The summed E-state index contributed by atoms with van der Waals surface area (Å²) in [6.45, 7) is 0. The first-order valence-electron chi connectivity index (χ1n) is 4.36. The lowest BCUT2D eigenvalue weighted by atomic mass is 10.4. The van der Waals surface area contributed by atoms with Gasteiger partial charge in [0.05, 0.1) is 11.6 Å². The minimum atomic E-state index is 0.803. The third-order valence-electron chi connectivity index (χ3n) is 2.29. The summed E-state index contributed by atoms with van der Waals surface area (Å²) >= 11 is 1.54. The molecule has 0 amide bonds. The quantitative estimate of drug-likeness (QED) is 0.566. The fourth-order valence-electron chi connectivity index (χ4n) is 1.56. The number of hydrogen-bond donors (Lipinski definition) is 0. The van der Waals surface area contributed by atoms with Crippen LogP contribution in [0.3, 0.4) is 0 Å². The van der Waals surface area contributed by atoms with E-state index >= 15 is 0 Å². The van der Waals surface area contributed by atoms with Gasteiger partial charge in [0.25, 0.3) is 0 Å². The molecule has 6 nitrogen and oxygen atoms in total. The van der Waals surface area contributed by atoms with Crippen molar-refractivity contribution in [2.24, 2.45) is 7.05 Å². The molecule has 3 aromatic rings. The number of aromatic nitrogens is 6. The lowest BCUT2D eigenvalue weighted by Gasteiger charge is -1.96. The molecule has 0 aliphatic heterocycles. The van der Waals surface area contributed by atoms with Gasteiger partial charge < -0.3 is 0 Å². The first-order valence-corrected chi connectivity index (χ1v) is 5.59. The summed E-state index contributed by atoms with van der Waals surface area (Å²) in [5, 5.41) is 14.1. The zero-order chi connectivity index (χ0) is 10.4. The second-order valence-electron chi connectivity index (χ2n) is 3.13. The predicted octanol–water partition coefficient (Wildman–Crippen LogP) is 0.733. The number of aryl methyl sites for hydroxylation is 1. The van der Waals surface area contributed by atoms with Crippen LogP contribution in [0.1, 0.15) is 0 Å². The molecule has 0 unspecified atom stereocenters. The maximum Gasteiger partial charge on any atom is 0.196 e. The highest BCUT2D eigenvalue weighted by Crippen LogP contribution is 2.19. The van der Waals surface area contributed by atoms with Crippen LogP contribution in [-0.4, -0.2) is 35.6 Å². The Labute approximate surface area is 89.3 Å². The zero-order valence-electron chi connectivity index (χ0n) is 8.25. The smallest absolute Gasteiger partial charge is 0.196 e. The van der Waals surface area contributed by atoms with E-state index in [0.717, 1.165) is 21.8 Å². The maximum atomic E-state index is 4.32. The molecule has 0 aromatic carbocycles. The standard InChI is InChI=1S/C8H8N6S/c1-13-6-5(3-10-13)7-11-12-8(15-2)14(7)4-9-6/h3-4H,1-2H3. The number of fused-ring (bicyclic) bond motifs is 3. The van der Waals surface area contributed by atoms with Gasteiger partial charge in [0.15, 0.2) is 16.5 Å². The van der Waals surface area contributed by atoms with Gasteiger partial charge in [-0.05, 0) is 6.26 Å². The summed E-state index contributed by atoms with van der Waals surface area (Å²) in [5.74, 6) is 0. The Morgan fingerprint density at radius 3 is 2.93 bits per heavy atom. The average molecular weight is 220 g/mol. The highest BCUT2D eigenvalue weighted by molar-refractivity contribution is 7.98. The van der Waals surface area contributed by atoms with Crippen molar-refractivity contribution in [1.29, 1.82) is 0 Å². The molecule has 0 fully saturated rings. The molecule has 0 radical (unpaired) electrons. The maximum absolute atomic E-state index is 4.32. The van der Waals surface area contributed by atoms with E-state index < -0.39 is 0 Å². The van der Waals surface area contributed by atoms with Crippen molar-refractivity contribution in [2.45, 2.75) is 5.16 Å². The average Bonchev–Trinajstić information content (AvgIpc) is 2.81. The molecule has 0 atom stereocenters. The normalized spacial score (nSPS) is 11.6. The van der Waals surface area contributed by atoms with Crippen molar-refractivity contribution in [3.8, 4) is 0 Å². The summed E-state index contributed by atoms with van der Waals surface area (Å²) in [5.41, 5.74) is 1.63. The Kier molecular flexibility index (Phi) is 1.69. The Bertz CT molecular complexity index is 639. The molecule has 7 heteroatoms. The van der Waals surface area contributed by atoms with Gasteiger partial charge in [-0.15, -0.1) is 10.2 Å². The van der Waals surface area contributed by atoms with E-state index in [1.807, 2.05) is 17.7 Å². The van der Waals surface area contributed by atoms with Gasteiger partial charge in [0.2, 0.25) is 0 Å². The van der Waals surface area contributed by atoms with E-state index in [-0.39, 0.29) is 0 Å². The third kappa shape index (κ3) is 1.06. The molecule has 0 spiro atoms. The van der Waals surface area contributed by atoms with E-state index in [2.05, 4.69) is 20.3 Å². The molecule has 3 heterocycles. The van der Waals surface area contributed by atoms with Crippen molar-refractivity contribution < 1.29 is 0 Å². The van der Waals surface area contributed by atoms with Gasteiger partial charge in [-0.2, -0.15) is 5.10 Å². The second kappa shape index (κ2) is 2.93. The third-order valence-corrected chi connectivity index (χ3v) is 2.93. The minimum Gasteiger partial charge on any atom is -0.260 e. The van der Waals surface area contributed by atoms with E-state index in [0.29, 0.717) is 0 Å². The fraction of sp³-hybridized carbons (Fsp3) is 0.250. The van der Waals surface area contributed by atoms with Gasteiger partial charge in [-0.25, -0.2) is 4.98 Å². The molecule has 76 valence electrons. The molecule has 3 aromatic heterocycles. The van der Waals surface area contributed by atoms with Crippen LogP contribution in [0.4, 0.5) is 0 Å². The van der Waals surface area contributed by atoms with Crippen LogP contribution in [0.2, 0.25) is 0 Å². The lowest BCUT2D eigenvalue weighted by molar-refractivity contribution is 0.783. The highest BCUT2D eigenvalue weighted by Gasteiger charge is 2.10. The first-order chi connectivity index (χ1) is 7.31. The summed E-state index contributed by atoms with van der Waals surface area (Å²) < 4.78 is 3.59. The van der Waals surface area contributed by atoms with Crippen LogP contribution in [0.5, 0.6) is 0 Å². The highest BCUT2D eigenvalue weighted by atomic mass is 32.2. The molecular weight excluding hydrogens is 212 g/mol. The van der Waals surface area contributed by atoms with E-state index in [9.17, 15) is 0 Å². The lowest BCUT2D eigenvalue weighted by Crippen LogP contribution is -1.94. The van der Waals surface area contributed by atoms with Crippen LogP contribution >= 0.6 is 11.8 Å². The van der Waals surface area contributed by atoms with E-state index in [4.69, 9.17) is 0 Å². The summed E-state index contributed by atoms with van der Waals surface area (Å²) in [6, 6.07) is 0. The summed E-state index contributed by atoms with van der Waals surface area (Å²) in [6.07, 6.45) is 5.45. The Morgan fingerprint density at radius 2 is 2.13 bits per heavy atom. The second-order valence-corrected chi connectivity index (χ2v) is 3.90. The zero-order valence-corrected chi connectivity index (χ0v) is 9.06. The van der Waals surface area contributed by atoms with Crippen LogP contribution in [-0.2, 0) is 7.05 Å². The monoisotopic (exact) mass is 220 g/mol. The number of hydrogen-bond acceptors (Lipinski definition) is 5. The molecule has 0 saturated carbocycles. The first kappa shape index (κ1) is 8.66. The Morgan fingerprint density at radius 1 is 1.27 bits per heavy atom. The molecule has 0 aliphatic carbocycles. The Hall–Kier alpha value is -1.63. The summed E-state index contributed by atoms with van der Waals surface area (Å²) in [4.78, 5) is 4.32. The molecule has 15 heavy (non-hydrogen) atoms. The van der Waals surface area contributed by atoms with Gasteiger partial charge in [-0.3, -0.25) is 9.08 Å². The van der Waals surface area contributed by atoms with E-state index in [1.165, 1.54) is 0 Å². The van der Waals surface area contributed by atoms with Gasteiger partial charge in [-0.1, -0.05) is 11.8 Å². The topological polar surface area (TPSA) is 60.9 Å². The fourth-order valence-corrected chi connectivity index (χ4v) is 2.01. The molecular formula is C8H8N6S. The molecule has 0 bridgehead atoms. The number of rotatable bonds is 1. The van der Waals surface area contributed by atoms with Gasteiger partial charge in [0, 0.05) is 7.05 Å². The van der Waals surface area contributed by atoms with Crippen molar-refractivity contribution in [1.82, 2.24) is 29.4 Å². The van der Waals surface area contributed by atoms with Crippen molar-refractivity contribution in [3.05, 3.63) is 12.5 Å². The van der Waals surface area contributed by atoms with Crippen molar-refractivity contribution in [2.75, 3.05) is 6.26 Å². The molecule has 0 saturated heterocycles. The number of thioether (sulfide) groups is 1.